The summed E-state index contributed by atoms with van der Waals surface area (Å²) in [7, 11) is 0. The van der Waals surface area contributed by atoms with Crippen LogP contribution in [0.25, 0.3) is 11.6 Å². The van der Waals surface area contributed by atoms with E-state index in [4.69, 9.17) is 0 Å². The van der Waals surface area contributed by atoms with Crippen LogP contribution in [0.5, 0.6) is 0 Å². The molecule has 0 aromatic heterocycles. The van der Waals surface area contributed by atoms with Gasteiger partial charge < -0.3 is 5.11 Å². The van der Waals surface area contributed by atoms with E-state index in [1.54, 1.807) is 6.08 Å². The van der Waals surface area contributed by atoms with Crippen molar-refractivity contribution < 1.29 is 9.90 Å². The fraction of sp³-hybridized carbons (Fsp3) is 0.444. The summed E-state index contributed by atoms with van der Waals surface area (Å²) in [4.78, 5) is 11.7. The maximum absolute atomic E-state index is 11.7. The molecule has 0 saturated carbocycles. The van der Waals surface area contributed by atoms with Crippen molar-refractivity contribution in [2.24, 2.45) is 0 Å². The average Bonchev–Trinajstić information content (AvgIpc) is 2.74. The van der Waals surface area contributed by atoms with Gasteiger partial charge in [0.05, 0.1) is 5.57 Å². The molecule has 0 aliphatic heterocycles. The fourth-order valence-electron chi connectivity index (χ4n) is 3.65. The maximum atomic E-state index is 11.7. The topological polar surface area (TPSA) is 37.3 Å². The summed E-state index contributed by atoms with van der Waals surface area (Å²) >= 11 is 0. The van der Waals surface area contributed by atoms with E-state index in [-0.39, 0.29) is 0 Å². The number of hydrogen-bond donors (Lipinski definition) is 1. The number of hydrogen-bond acceptors (Lipinski definition) is 1. The molecule has 0 amide bonds. The van der Waals surface area contributed by atoms with Crippen LogP contribution in [0, 0.1) is 0 Å². The lowest BCUT2D eigenvalue weighted by Crippen LogP contribution is -2.00. The van der Waals surface area contributed by atoms with Gasteiger partial charge in [0.2, 0.25) is 0 Å². The van der Waals surface area contributed by atoms with E-state index in [0.29, 0.717) is 5.57 Å². The summed E-state index contributed by atoms with van der Waals surface area (Å²) in [6.45, 7) is 2.26. The Bertz CT molecular complexity index is 729. The summed E-state index contributed by atoms with van der Waals surface area (Å²) in [6, 6.07) is 17.6. The molecule has 0 saturated heterocycles. The Morgan fingerprint density at radius 1 is 0.759 bits per heavy atom. The molecule has 0 aliphatic rings. The van der Waals surface area contributed by atoms with Gasteiger partial charge in [0.15, 0.2) is 0 Å². The molecule has 0 aliphatic carbocycles. The summed E-state index contributed by atoms with van der Waals surface area (Å²) in [6.07, 6.45) is 16.3. The molecule has 0 spiro atoms. The highest BCUT2D eigenvalue weighted by Crippen LogP contribution is 2.20. The predicted octanol–water partition coefficient (Wildman–Crippen LogP) is 7.78. The molecule has 0 unspecified atom stereocenters. The first-order valence-corrected chi connectivity index (χ1v) is 11.3. The van der Waals surface area contributed by atoms with Crippen LogP contribution in [0.2, 0.25) is 0 Å². The lowest BCUT2D eigenvalue weighted by molar-refractivity contribution is -0.130. The molecule has 2 heteroatoms. The second kappa shape index (κ2) is 13.8. The van der Waals surface area contributed by atoms with Crippen molar-refractivity contribution in [3.8, 4) is 0 Å². The zero-order chi connectivity index (χ0) is 20.7. The highest BCUT2D eigenvalue weighted by molar-refractivity contribution is 6.20. The first kappa shape index (κ1) is 22.9. The van der Waals surface area contributed by atoms with E-state index in [9.17, 15) is 9.90 Å². The Balaban J connectivity index is 1.74. The molecule has 2 aromatic rings. The summed E-state index contributed by atoms with van der Waals surface area (Å²) in [5.41, 5.74) is 3.28. The highest BCUT2D eigenvalue weighted by Gasteiger charge is 2.10. The van der Waals surface area contributed by atoms with E-state index in [1.807, 2.05) is 42.5 Å². The van der Waals surface area contributed by atoms with Crippen molar-refractivity contribution in [3.63, 3.8) is 0 Å². The van der Waals surface area contributed by atoms with Gasteiger partial charge in [-0.25, -0.2) is 4.79 Å². The third-order valence-corrected chi connectivity index (χ3v) is 5.42. The molecule has 0 bridgehead atoms. The molecule has 1 N–H and O–H groups in total. The third kappa shape index (κ3) is 9.13. The first-order valence-electron chi connectivity index (χ1n) is 11.3. The smallest absolute Gasteiger partial charge is 0.336 e. The third-order valence-electron chi connectivity index (χ3n) is 5.42. The Morgan fingerprint density at radius 2 is 1.31 bits per heavy atom. The Labute approximate surface area is 176 Å². The summed E-state index contributed by atoms with van der Waals surface area (Å²) in [5.74, 6) is -0.892. The number of aryl methyl sites for hydroxylation is 1. The van der Waals surface area contributed by atoms with E-state index >= 15 is 0 Å². The van der Waals surface area contributed by atoms with Crippen LogP contribution in [0.1, 0.15) is 87.8 Å². The average molecular weight is 393 g/mol. The van der Waals surface area contributed by atoms with Crippen molar-refractivity contribution in [2.75, 3.05) is 0 Å². The minimum atomic E-state index is -0.892. The zero-order valence-electron chi connectivity index (χ0n) is 17.9. The van der Waals surface area contributed by atoms with Crippen LogP contribution in [0.15, 0.2) is 54.6 Å². The molecule has 0 atom stereocenters. The minimum absolute atomic E-state index is 0.335. The number of aliphatic carboxylic acids is 1. The minimum Gasteiger partial charge on any atom is -0.478 e. The number of carboxylic acids is 1. The van der Waals surface area contributed by atoms with Gasteiger partial charge >= 0.3 is 5.97 Å². The number of rotatable bonds is 14. The summed E-state index contributed by atoms with van der Waals surface area (Å²) in [5, 5.41) is 9.59. The van der Waals surface area contributed by atoms with Gasteiger partial charge in [-0.2, -0.15) is 0 Å². The van der Waals surface area contributed by atoms with Gasteiger partial charge in [0, 0.05) is 0 Å². The van der Waals surface area contributed by atoms with Crippen molar-refractivity contribution in [1.82, 2.24) is 0 Å². The second-order valence-electron chi connectivity index (χ2n) is 7.90. The van der Waals surface area contributed by atoms with E-state index in [2.05, 4.69) is 19.1 Å². The number of unbranched alkanes of at least 4 members (excludes halogenated alkanes) is 9. The quantitative estimate of drug-likeness (QED) is 0.202. The Kier molecular flexibility index (Phi) is 10.9. The monoisotopic (exact) mass is 392 g/mol. The van der Waals surface area contributed by atoms with E-state index < -0.39 is 5.97 Å². The van der Waals surface area contributed by atoms with Gasteiger partial charge in [0.25, 0.3) is 0 Å². The molecule has 2 aromatic carbocycles. The second-order valence-corrected chi connectivity index (χ2v) is 7.90. The van der Waals surface area contributed by atoms with Crippen LogP contribution in [-0.2, 0) is 11.2 Å². The van der Waals surface area contributed by atoms with Gasteiger partial charge in [-0.3, -0.25) is 0 Å². The molecule has 2 nitrogen and oxygen atoms in total. The van der Waals surface area contributed by atoms with Gasteiger partial charge in [0.1, 0.15) is 0 Å². The lowest BCUT2D eigenvalue weighted by Gasteiger charge is -2.06. The Hall–Kier alpha value is -2.35. The molecular weight excluding hydrogens is 356 g/mol. The standard InChI is InChI=1S/C27H36O2/c1-2-3-4-5-6-7-8-9-10-12-15-23-18-20-25(21-19-23)26(27(28)29)22-24-16-13-11-14-17-24/h11,13-14,16-22H,2-10,12,15H2,1H3,(H,28,29). The van der Waals surface area contributed by atoms with Crippen LogP contribution in [0.3, 0.4) is 0 Å². The first-order chi connectivity index (χ1) is 14.2. The number of carbonyl (C=O) groups is 1. The summed E-state index contributed by atoms with van der Waals surface area (Å²) < 4.78 is 0. The van der Waals surface area contributed by atoms with Crippen molar-refractivity contribution in [1.29, 1.82) is 0 Å². The normalized spacial score (nSPS) is 11.6. The predicted molar refractivity (Wildman–Crippen MR) is 124 cm³/mol. The lowest BCUT2D eigenvalue weighted by atomic mass is 9.99. The zero-order valence-corrected chi connectivity index (χ0v) is 17.9. The Morgan fingerprint density at radius 3 is 1.86 bits per heavy atom. The molecule has 0 fully saturated rings. The molecular formula is C27H36O2. The van der Waals surface area contributed by atoms with Crippen LogP contribution in [-0.4, -0.2) is 11.1 Å². The molecule has 2 rings (SSSR count). The maximum Gasteiger partial charge on any atom is 0.336 e. The van der Waals surface area contributed by atoms with Crippen molar-refractivity contribution in [3.05, 3.63) is 71.3 Å². The largest absolute Gasteiger partial charge is 0.478 e. The SMILES string of the molecule is CCCCCCCCCCCCc1ccc(C(=Cc2ccccc2)C(=O)O)cc1. The van der Waals surface area contributed by atoms with Crippen LogP contribution in [0.4, 0.5) is 0 Å². The highest BCUT2D eigenvalue weighted by atomic mass is 16.4. The van der Waals surface area contributed by atoms with Gasteiger partial charge in [-0.1, -0.05) is 119 Å². The fourth-order valence-corrected chi connectivity index (χ4v) is 3.65. The molecule has 0 radical (unpaired) electrons. The number of benzene rings is 2. The van der Waals surface area contributed by atoms with E-state index in [1.165, 1.54) is 69.8 Å². The van der Waals surface area contributed by atoms with Crippen LogP contribution >= 0.6 is 0 Å². The van der Waals surface area contributed by atoms with Gasteiger partial charge in [-0.05, 0) is 35.6 Å². The molecule has 29 heavy (non-hydrogen) atoms. The molecule has 156 valence electrons. The van der Waals surface area contributed by atoms with Crippen molar-refractivity contribution >= 4 is 17.6 Å². The van der Waals surface area contributed by atoms with E-state index in [0.717, 1.165) is 17.5 Å². The molecule has 0 heterocycles. The number of carboxylic acid groups (broad SMARTS) is 1. The van der Waals surface area contributed by atoms with Crippen LogP contribution < -0.4 is 0 Å². The van der Waals surface area contributed by atoms with Gasteiger partial charge in [-0.15, -0.1) is 0 Å². The van der Waals surface area contributed by atoms with Crippen molar-refractivity contribution in [2.45, 2.75) is 77.6 Å².